The van der Waals surface area contributed by atoms with Crippen molar-refractivity contribution in [1.82, 2.24) is 14.7 Å². The summed E-state index contributed by atoms with van der Waals surface area (Å²) in [4.78, 5) is 20.4. The lowest BCUT2D eigenvalue weighted by molar-refractivity contribution is -0.140. The maximum Gasteiger partial charge on any atom is 0.225 e. The van der Waals surface area contributed by atoms with Crippen LogP contribution in [-0.2, 0) is 4.79 Å². The van der Waals surface area contributed by atoms with E-state index >= 15 is 0 Å². The van der Waals surface area contributed by atoms with E-state index in [2.05, 4.69) is 56.2 Å². The Morgan fingerprint density at radius 3 is 1.56 bits per heavy atom. The molecule has 3 fully saturated rings. The average Bonchev–Trinajstić information content (AvgIpc) is 2.61. The van der Waals surface area contributed by atoms with E-state index in [4.69, 9.17) is 0 Å². The number of nitrogens with zero attached hydrogens (tertiary/aromatic N) is 3. The Kier molecular flexibility index (Phi) is 5.99. The summed E-state index contributed by atoms with van der Waals surface area (Å²) in [6.07, 6.45) is 7.15. The molecule has 3 rings (SSSR count). The Balaban J connectivity index is 1.47. The molecule has 156 valence electrons. The van der Waals surface area contributed by atoms with Gasteiger partial charge in [-0.05, 0) is 112 Å². The highest BCUT2D eigenvalue weighted by atomic mass is 16.2. The molecule has 3 saturated heterocycles. The second kappa shape index (κ2) is 7.67. The first kappa shape index (κ1) is 21.1. The number of hydrogen-bond donors (Lipinski definition) is 0. The van der Waals surface area contributed by atoms with Crippen molar-refractivity contribution in [3.63, 3.8) is 0 Å². The summed E-state index contributed by atoms with van der Waals surface area (Å²) in [6.45, 7) is 20.4. The molecule has 0 bridgehead atoms. The highest BCUT2D eigenvalue weighted by molar-refractivity contribution is 5.79. The highest BCUT2D eigenvalue weighted by Crippen LogP contribution is 2.43. The first-order valence-electron chi connectivity index (χ1n) is 11.3. The van der Waals surface area contributed by atoms with Crippen LogP contribution in [0.15, 0.2) is 0 Å². The topological polar surface area (TPSA) is 26.8 Å². The summed E-state index contributed by atoms with van der Waals surface area (Å²) in [5.41, 5.74) is 1.03. The van der Waals surface area contributed by atoms with Gasteiger partial charge in [-0.2, -0.15) is 0 Å². The average molecular weight is 378 g/mol. The van der Waals surface area contributed by atoms with E-state index in [-0.39, 0.29) is 11.5 Å². The van der Waals surface area contributed by atoms with Gasteiger partial charge >= 0.3 is 0 Å². The van der Waals surface area contributed by atoms with Gasteiger partial charge in [-0.1, -0.05) is 0 Å². The summed E-state index contributed by atoms with van der Waals surface area (Å²) in [7, 11) is 0. The molecule has 0 saturated carbocycles. The molecule has 1 amide bonds. The molecule has 0 aliphatic carbocycles. The van der Waals surface area contributed by atoms with Crippen molar-refractivity contribution in [1.29, 1.82) is 0 Å². The summed E-state index contributed by atoms with van der Waals surface area (Å²) >= 11 is 0. The molecule has 1 spiro atoms. The SMILES string of the molecule is CC(C)(C)N1CCC(C(=O)N2CCC3(CC2)CCN(C(C)(C)C)CC3)CC1. The quantitative estimate of drug-likeness (QED) is 0.691. The molecule has 0 atom stereocenters. The van der Waals surface area contributed by atoms with Crippen molar-refractivity contribution in [2.24, 2.45) is 11.3 Å². The number of piperidine rings is 3. The normalized spacial score (nSPS) is 26.5. The van der Waals surface area contributed by atoms with Gasteiger partial charge in [0.05, 0.1) is 0 Å². The number of carbonyl (C=O) groups is 1. The zero-order chi connectivity index (χ0) is 19.9. The van der Waals surface area contributed by atoms with Crippen LogP contribution < -0.4 is 0 Å². The number of carbonyl (C=O) groups excluding carboxylic acids is 1. The molecule has 4 nitrogen and oxygen atoms in total. The third kappa shape index (κ3) is 4.87. The fraction of sp³-hybridized carbons (Fsp3) is 0.957. The molecular weight excluding hydrogens is 334 g/mol. The van der Waals surface area contributed by atoms with Gasteiger partial charge in [-0.3, -0.25) is 14.6 Å². The summed E-state index contributed by atoms with van der Waals surface area (Å²) in [5.74, 6) is 0.714. The fourth-order valence-electron chi connectivity index (χ4n) is 5.41. The van der Waals surface area contributed by atoms with Gasteiger partial charge in [0.25, 0.3) is 0 Å². The van der Waals surface area contributed by atoms with Crippen molar-refractivity contribution >= 4 is 5.91 Å². The molecule has 3 heterocycles. The Hall–Kier alpha value is -0.610. The van der Waals surface area contributed by atoms with Crippen molar-refractivity contribution in [2.75, 3.05) is 39.3 Å². The van der Waals surface area contributed by atoms with Gasteiger partial charge in [0.15, 0.2) is 0 Å². The van der Waals surface area contributed by atoms with Gasteiger partial charge in [0.1, 0.15) is 0 Å². The van der Waals surface area contributed by atoms with Crippen LogP contribution in [0.2, 0.25) is 0 Å². The molecular formula is C23H43N3O. The molecule has 3 aliphatic rings. The maximum absolute atomic E-state index is 13.1. The van der Waals surface area contributed by atoms with Gasteiger partial charge in [0, 0.05) is 30.1 Å². The first-order chi connectivity index (χ1) is 12.5. The third-order valence-corrected chi connectivity index (χ3v) is 7.70. The van der Waals surface area contributed by atoms with Gasteiger partial charge < -0.3 is 4.90 Å². The molecule has 0 radical (unpaired) electrons. The first-order valence-corrected chi connectivity index (χ1v) is 11.3. The zero-order valence-corrected chi connectivity index (χ0v) is 18.8. The van der Waals surface area contributed by atoms with Crippen LogP contribution in [-0.4, -0.2) is 71.0 Å². The van der Waals surface area contributed by atoms with E-state index in [1.807, 2.05) is 0 Å². The number of hydrogen-bond acceptors (Lipinski definition) is 3. The number of likely N-dealkylation sites (tertiary alicyclic amines) is 3. The Bertz CT molecular complexity index is 505. The van der Waals surface area contributed by atoms with E-state index in [0.717, 1.165) is 39.0 Å². The second-order valence-corrected chi connectivity index (χ2v) is 11.4. The molecule has 3 aliphatic heterocycles. The van der Waals surface area contributed by atoms with Gasteiger partial charge in [-0.15, -0.1) is 0 Å². The smallest absolute Gasteiger partial charge is 0.225 e. The third-order valence-electron chi connectivity index (χ3n) is 7.70. The molecule has 0 aromatic heterocycles. The van der Waals surface area contributed by atoms with E-state index in [9.17, 15) is 4.79 Å². The molecule has 0 aromatic carbocycles. The lowest BCUT2D eigenvalue weighted by Gasteiger charge is -2.50. The molecule has 4 heteroatoms. The van der Waals surface area contributed by atoms with Crippen LogP contribution in [0.5, 0.6) is 0 Å². The van der Waals surface area contributed by atoms with Crippen LogP contribution in [0.4, 0.5) is 0 Å². The second-order valence-electron chi connectivity index (χ2n) is 11.4. The standard InChI is InChI=1S/C23H43N3O/c1-21(2,3)25-13-7-19(8-14-25)20(27)24-15-9-23(10-16-24)11-17-26(18-12-23)22(4,5)6/h19H,7-18H2,1-6H3. The van der Waals surface area contributed by atoms with Crippen molar-refractivity contribution in [3.8, 4) is 0 Å². The van der Waals surface area contributed by atoms with Crippen LogP contribution >= 0.6 is 0 Å². The van der Waals surface area contributed by atoms with E-state index in [1.54, 1.807) is 0 Å². The minimum Gasteiger partial charge on any atom is -0.342 e. The number of rotatable bonds is 1. The fourth-order valence-corrected chi connectivity index (χ4v) is 5.41. The van der Waals surface area contributed by atoms with Gasteiger partial charge in [-0.25, -0.2) is 0 Å². The summed E-state index contributed by atoms with van der Waals surface area (Å²) < 4.78 is 0. The van der Waals surface area contributed by atoms with E-state index in [1.165, 1.54) is 38.8 Å². The van der Waals surface area contributed by atoms with Crippen molar-refractivity contribution in [2.45, 2.75) is 91.1 Å². The van der Waals surface area contributed by atoms with Crippen molar-refractivity contribution < 1.29 is 4.79 Å². The van der Waals surface area contributed by atoms with Crippen LogP contribution in [0.3, 0.4) is 0 Å². The largest absolute Gasteiger partial charge is 0.342 e. The summed E-state index contributed by atoms with van der Waals surface area (Å²) in [6, 6.07) is 0. The molecule has 0 unspecified atom stereocenters. The lowest BCUT2D eigenvalue weighted by atomic mass is 9.70. The van der Waals surface area contributed by atoms with Crippen LogP contribution in [0.25, 0.3) is 0 Å². The summed E-state index contributed by atoms with van der Waals surface area (Å²) in [5, 5.41) is 0. The minimum absolute atomic E-state index is 0.230. The predicted octanol–water partition coefficient (Wildman–Crippen LogP) is 4.00. The monoisotopic (exact) mass is 377 g/mol. The van der Waals surface area contributed by atoms with Crippen LogP contribution in [0.1, 0.15) is 80.1 Å². The minimum atomic E-state index is 0.230. The molecule has 27 heavy (non-hydrogen) atoms. The molecule has 0 N–H and O–H groups in total. The van der Waals surface area contributed by atoms with E-state index < -0.39 is 0 Å². The van der Waals surface area contributed by atoms with Crippen LogP contribution in [0, 0.1) is 11.3 Å². The Morgan fingerprint density at radius 1 is 0.704 bits per heavy atom. The zero-order valence-electron chi connectivity index (χ0n) is 18.8. The number of amides is 1. The van der Waals surface area contributed by atoms with Crippen molar-refractivity contribution in [3.05, 3.63) is 0 Å². The molecule has 0 aromatic rings. The van der Waals surface area contributed by atoms with Gasteiger partial charge in [0.2, 0.25) is 5.91 Å². The van der Waals surface area contributed by atoms with E-state index in [0.29, 0.717) is 16.9 Å². The Morgan fingerprint density at radius 2 is 1.11 bits per heavy atom. The Labute approximate surface area is 167 Å². The predicted molar refractivity (Wildman–Crippen MR) is 113 cm³/mol. The lowest BCUT2D eigenvalue weighted by Crippen LogP contribution is -2.53. The highest BCUT2D eigenvalue weighted by Gasteiger charge is 2.41. The maximum atomic E-state index is 13.1.